The van der Waals surface area contributed by atoms with Crippen molar-refractivity contribution in [1.29, 1.82) is 0 Å². The molecule has 0 bridgehead atoms. The van der Waals surface area contributed by atoms with Gasteiger partial charge in [0.15, 0.2) is 0 Å². The van der Waals surface area contributed by atoms with Gasteiger partial charge in [-0.3, -0.25) is 0 Å². The maximum atomic E-state index is 9.94. The van der Waals surface area contributed by atoms with Crippen molar-refractivity contribution in [1.82, 2.24) is 0 Å². The Morgan fingerprint density at radius 3 is 0.733 bits per heavy atom. The molecule has 4 N–H and O–H groups in total. The topological polar surface area (TPSA) is 80.9 Å². The fourth-order valence-corrected chi connectivity index (χ4v) is 19.9. The molecular weight excluding hydrogens is 1930 g/mol. The Bertz CT molecular complexity index is 7940. The van der Waals surface area contributed by atoms with E-state index in [1.54, 1.807) is 24.3 Å². The predicted molar refractivity (Wildman–Crippen MR) is 577 cm³/mol. The van der Waals surface area contributed by atoms with Gasteiger partial charge in [0.25, 0.3) is 0 Å². The number of rotatable bonds is 11. The number of hydrogen-bond donors (Lipinski definition) is 4. The fourth-order valence-electron chi connectivity index (χ4n) is 18.3. The van der Waals surface area contributed by atoms with Crippen LogP contribution in [-0.4, -0.2) is 34.3 Å². The van der Waals surface area contributed by atoms with Gasteiger partial charge in [-0.1, -0.05) is 480 Å². The van der Waals surface area contributed by atoms with Gasteiger partial charge in [-0.05, 0) is 275 Å². The van der Waals surface area contributed by atoms with Crippen LogP contribution in [0.1, 0.15) is 0 Å². The molecule has 0 aliphatic heterocycles. The number of benzene rings is 23. The second-order valence-electron chi connectivity index (χ2n) is 32.2. The molecule has 0 aliphatic rings. The number of fused-ring (bicyclic) bond motifs is 9. The van der Waals surface area contributed by atoms with Gasteiger partial charge >= 0.3 is 14.2 Å². The van der Waals surface area contributed by atoms with Crippen molar-refractivity contribution in [3.63, 3.8) is 0 Å². The monoisotopic (exact) mass is 2000 g/mol. The standard InChI is InChI=1S/C62H40.C22H14Br2.C20H15BO2.C10H6Br2.C6H6BBrO2/c1-3-16-43(17-4-1)59-51-21-7-11-25-55(51)61(56-26-12-8-22-52(56)59)45-34-30-41(31-35-45)47-38-39-50-48(40-47)20-15-29-49(50)42-32-36-46(37-33-42)62-57-27-13-9-23-53(57)60(44-18-5-2-6-19-44)54-24-10-14-28-58(54)62;23-19-9-4-15(5-10-19)17-8-13-22-18(14-17)2-1-3-21(22)16-6-11-20(24)12-7-16;22-21(23)20-17-12-6-4-10-15(17)19(14-8-2-1-3-9-14)16-11-5-7-13-18(16)20;11-8-4-5-9-7(6-8)2-1-3-10(9)12;8-6-3-1-5(2-4-6)7(9)10/h1-40H;1-14H;1-13,22-23H;1-6H;1-4,9-10H. The highest BCUT2D eigenvalue weighted by Gasteiger charge is 2.24. The van der Waals surface area contributed by atoms with Gasteiger partial charge in [-0.15, -0.1) is 0 Å². The molecule has 11 heteroatoms. The van der Waals surface area contributed by atoms with E-state index in [9.17, 15) is 10.0 Å². The lowest BCUT2D eigenvalue weighted by atomic mass is 9.72. The molecule has 0 aromatic heterocycles. The van der Waals surface area contributed by atoms with Gasteiger partial charge in [0.1, 0.15) is 0 Å². The molecule has 0 amide bonds. The molecule has 0 saturated carbocycles. The summed E-state index contributed by atoms with van der Waals surface area (Å²) in [6.07, 6.45) is 0. The molecule has 23 aromatic rings. The fraction of sp³-hybridized carbons (Fsp3) is 0. The van der Waals surface area contributed by atoms with Crippen LogP contribution < -0.4 is 10.9 Å². The molecule has 0 saturated heterocycles. The third-order valence-corrected chi connectivity index (χ3v) is 27.1. The Morgan fingerprint density at radius 2 is 0.397 bits per heavy atom. The van der Waals surface area contributed by atoms with Crippen LogP contribution in [-0.2, 0) is 0 Å². The van der Waals surface area contributed by atoms with E-state index in [-0.39, 0.29) is 0 Å². The van der Waals surface area contributed by atoms with Crippen molar-refractivity contribution in [3.05, 3.63) is 489 Å². The van der Waals surface area contributed by atoms with Crippen molar-refractivity contribution in [2.45, 2.75) is 0 Å². The third-order valence-electron chi connectivity index (χ3n) is 24.3. The van der Waals surface area contributed by atoms with E-state index in [2.05, 4.69) is 444 Å². The van der Waals surface area contributed by atoms with Gasteiger partial charge in [-0.2, -0.15) is 0 Å². The molecule has 0 spiro atoms. The summed E-state index contributed by atoms with van der Waals surface area (Å²) in [6, 6.07) is 164. The first kappa shape index (κ1) is 87.1. The van der Waals surface area contributed by atoms with E-state index in [1.807, 2.05) is 78.9 Å². The quantitative estimate of drug-likeness (QED) is 0.0768. The van der Waals surface area contributed by atoms with Crippen LogP contribution in [0.5, 0.6) is 0 Å². The SMILES string of the molecule is Brc1ccc(-c2ccc3c(-c4ccc(Br)cc4)cccc3c2)cc1.Brc1ccc2c(Br)cccc2c1.OB(O)c1c2ccccc2c(-c2ccccc2)c2ccccc12.OB(O)c1ccc(Br)cc1.c1ccc(-c2c3ccccc3c(-c3ccc(-c4ccc5c(-c6ccc(-c7c8ccccc8c(-c8ccccc8)c8ccccc78)cc6)cccc5c4)cc3)c3ccccc23)cc1. The lowest BCUT2D eigenvalue weighted by Gasteiger charge is -2.18. The van der Waals surface area contributed by atoms with Crippen LogP contribution in [0.15, 0.2) is 489 Å². The molecule has 0 unspecified atom stereocenters. The lowest BCUT2D eigenvalue weighted by molar-refractivity contribution is 0.425. The van der Waals surface area contributed by atoms with Crippen molar-refractivity contribution in [3.8, 4) is 100 Å². The van der Waals surface area contributed by atoms with Crippen molar-refractivity contribution in [2.24, 2.45) is 0 Å². The Morgan fingerprint density at radius 1 is 0.153 bits per heavy atom. The van der Waals surface area contributed by atoms with E-state index in [1.165, 1.54) is 164 Å². The Hall–Kier alpha value is -13.2. The first-order valence-electron chi connectivity index (χ1n) is 43.3. The van der Waals surface area contributed by atoms with Gasteiger partial charge in [0, 0.05) is 22.4 Å². The molecule has 0 atom stereocenters. The summed E-state index contributed by atoms with van der Waals surface area (Å²) in [5, 5.41) is 58.7. The molecule has 0 aliphatic carbocycles. The van der Waals surface area contributed by atoms with Crippen LogP contribution in [0.2, 0.25) is 0 Å². The third kappa shape index (κ3) is 18.6. The van der Waals surface area contributed by atoms with Crippen LogP contribution >= 0.6 is 79.6 Å². The minimum absolute atomic E-state index is 0.503. The van der Waals surface area contributed by atoms with E-state index >= 15 is 0 Å². The van der Waals surface area contributed by atoms with Crippen LogP contribution in [0, 0.1) is 0 Å². The molecule has 23 rings (SSSR count). The number of halogens is 5. The number of hydrogen-bond acceptors (Lipinski definition) is 4. The predicted octanol–water partition coefficient (Wildman–Crippen LogP) is 33.0. The van der Waals surface area contributed by atoms with E-state index in [0.717, 1.165) is 55.0 Å². The molecule has 626 valence electrons. The maximum absolute atomic E-state index is 9.94. The summed E-state index contributed by atoms with van der Waals surface area (Å²) in [7, 11) is -2.87. The lowest BCUT2D eigenvalue weighted by Crippen LogP contribution is -2.31. The molecule has 0 heterocycles. The summed E-state index contributed by atoms with van der Waals surface area (Å²) in [4.78, 5) is 0. The minimum Gasteiger partial charge on any atom is -0.423 e. The Kier molecular flexibility index (Phi) is 26.3. The first-order valence-corrected chi connectivity index (χ1v) is 47.3. The summed E-state index contributed by atoms with van der Waals surface area (Å²) < 4.78 is 5.39. The second kappa shape index (κ2) is 39.6. The van der Waals surface area contributed by atoms with Gasteiger partial charge in [0.2, 0.25) is 0 Å². The van der Waals surface area contributed by atoms with Gasteiger partial charge in [-0.25, -0.2) is 0 Å². The van der Waals surface area contributed by atoms with Crippen molar-refractivity contribution < 1.29 is 20.1 Å². The highest BCUT2D eigenvalue weighted by molar-refractivity contribution is 9.11. The summed E-state index contributed by atoms with van der Waals surface area (Å²) in [5.74, 6) is 0. The highest BCUT2D eigenvalue weighted by Crippen LogP contribution is 2.48. The summed E-state index contributed by atoms with van der Waals surface area (Å²) in [5.41, 5.74) is 23.2. The average molecular weight is 2010 g/mol. The normalized spacial score (nSPS) is 11.1. The average Bonchev–Trinajstić information content (AvgIpc) is 0.747. The Balaban J connectivity index is 0.000000130. The summed E-state index contributed by atoms with van der Waals surface area (Å²) in [6.45, 7) is 0. The first-order chi connectivity index (χ1) is 64.2. The van der Waals surface area contributed by atoms with Crippen molar-refractivity contribution >= 4 is 202 Å². The minimum atomic E-state index is -1.50. The zero-order valence-corrected chi connectivity index (χ0v) is 78.7. The molecule has 0 radical (unpaired) electrons. The molecule has 131 heavy (non-hydrogen) atoms. The van der Waals surface area contributed by atoms with Crippen LogP contribution in [0.25, 0.3) is 197 Å². The highest BCUT2D eigenvalue weighted by atomic mass is 79.9. The molecule has 23 aromatic carbocycles. The van der Waals surface area contributed by atoms with Crippen LogP contribution in [0.3, 0.4) is 0 Å². The molecular formula is C120H81B2Br5O4. The smallest absolute Gasteiger partial charge is 0.423 e. The van der Waals surface area contributed by atoms with Crippen molar-refractivity contribution in [2.75, 3.05) is 0 Å². The molecule has 4 nitrogen and oxygen atoms in total. The summed E-state index contributed by atoms with van der Waals surface area (Å²) >= 11 is 17.2. The van der Waals surface area contributed by atoms with E-state index in [4.69, 9.17) is 10.0 Å². The van der Waals surface area contributed by atoms with Crippen LogP contribution in [0.4, 0.5) is 0 Å². The van der Waals surface area contributed by atoms with E-state index in [0.29, 0.717) is 10.9 Å². The zero-order chi connectivity index (χ0) is 89.4. The molecule has 0 fully saturated rings. The van der Waals surface area contributed by atoms with Gasteiger partial charge < -0.3 is 20.1 Å². The zero-order valence-electron chi connectivity index (χ0n) is 70.8. The maximum Gasteiger partial charge on any atom is 0.489 e. The van der Waals surface area contributed by atoms with E-state index < -0.39 is 14.2 Å². The second-order valence-corrected chi connectivity index (χ2v) is 36.7. The van der Waals surface area contributed by atoms with Gasteiger partial charge in [0.05, 0.1) is 0 Å². The largest absolute Gasteiger partial charge is 0.489 e. The Labute approximate surface area is 804 Å².